The maximum absolute atomic E-state index is 12.9. The van der Waals surface area contributed by atoms with Gasteiger partial charge in [0.1, 0.15) is 11.6 Å². The minimum Gasteiger partial charge on any atom is -0.508 e. The van der Waals surface area contributed by atoms with E-state index in [2.05, 4.69) is 23.0 Å². The molecule has 96 valence electrons. The molecule has 1 aromatic heterocycles. The van der Waals surface area contributed by atoms with Crippen LogP contribution in [-0.2, 0) is 6.54 Å². The molecule has 0 bridgehead atoms. The minimum atomic E-state index is -0.419. The SMILES string of the molecule is Cc1cscc1CNC(C)c1ccc(F)cc1O. The van der Waals surface area contributed by atoms with Crippen molar-refractivity contribution in [1.29, 1.82) is 0 Å². The fourth-order valence-corrected chi connectivity index (χ4v) is 2.68. The van der Waals surface area contributed by atoms with Crippen LogP contribution in [0.2, 0.25) is 0 Å². The van der Waals surface area contributed by atoms with Crippen LogP contribution >= 0.6 is 11.3 Å². The van der Waals surface area contributed by atoms with E-state index in [-0.39, 0.29) is 11.8 Å². The third kappa shape index (κ3) is 2.89. The molecule has 0 aliphatic carbocycles. The molecule has 0 amide bonds. The Hall–Kier alpha value is -1.39. The number of benzene rings is 1. The van der Waals surface area contributed by atoms with Gasteiger partial charge in [-0.2, -0.15) is 11.3 Å². The molecule has 0 fully saturated rings. The first kappa shape index (κ1) is 13.1. The number of phenols is 1. The summed E-state index contributed by atoms with van der Waals surface area (Å²) in [4.78, 5) is 0. The molecule has 1 atom stereocenters. The van der Waals surface area contributed by atoms with E-state index in [0.29, 0.717) is 5.56 Å². The van der Waals surface area contributed by atoms with Gasteiger partial charge in [-0.15, -0.1) is 0 Å². The molecule has 1 aromatic carbocycles. The third-order valence-electron chi connectivity index (χ3n) is 3.02. The Kier molecular flexibility index (Phi) is 3.99. The zero-order chi connectivity index (χ0) is 13.1. The molecule has 2 aromatic rings. The van der Waals surface area contributed by atoms with Gasteiger partial charge in [0.2, 0.25) is 0 Å². The molecule has 0 saturated carbocycles. The summed E-state index contributed by atoms with van der Waals surface area (Å²) in [5, 5.41) is 17.2. The summed E-state index contributed by atoms with van der Waals surface area (Å²) >= 11 is 1.68. The molecule has 2 N–H and O–H groups in total. The van der Waals surface area contributed by atoms with Crippen LogP contribution in [0.3, 0.4) is 0 Å². The molecule has 2 nitrogen and oxygen atoms in total. The molecule has 0 radical (unpaired) electrons. The summed E-state index contributed by atoms with van der Waals surface area (Å²) in [5.74, 6) is -0.422. The van der Waals surface area contributed by atoms with E-state index in [0.717, 1.165) is 12.6 Å². The predicted octanol–water partition coefficient (Wildman–Crippen LogP) is 3.75. The van der Waals surface area contributed by atoms with Crippen molar-refractivity contribution in [3.63, 3.8) is 0 Å². The van der Waals surface area contributed by atoms with E-state index in [4.69, 9.17) is 0 Å². The van der Waals surface area contributed by atoms with Crippen molar-refractivity contribution in [1.82, 2.24) is 5.32 Å². The summed E-state index contributed by atoms with van der Waals surface area (Å²) in [5.41, 5.74) is 3.24. The number of halogens is 1. The van der Waals surface area contributed by atoms with E-state index in [1.54, 1.807) is 17.4 Å². The highest BCUT2D eigenvalue weighted by molar-refractivity contribution is 7.08. The Morgan fingerprint density at radius 1 is 1.39 bits per heavy atom. The fraction of sp³-hybridized carbons (Fsp3) is 0.286. The predicted molar refractivity (Wildman–Crippen MR) is 72.4 cm³/mol. The van der Waals surface area contributed by atoms with Crippen LogP contribution in [0, 0.1) is 12.7 Å². The van der Waals surface area contributed by atoms with Gasteiger partial charge in [-0.05, 0) is 41.8 Å². The summed E-state index contributed by atoms with van der Waals surface area (Å²) < 4.78 is 12.9. The molecule has 2 rings (SSSR count). The van der Waals surface area contributed by atoms with Gasteiger partial charge in [0.05, 0.1) is 0 Å². The van der Waals surface area contributed by atoms with E-state index >= 15 is 0 Å². The highest BCUT2D eigenvalue weighted by atomic mass is 32.1. The van der Waals surface area contributed by atoms with Crippen LogP contribution in [0.25, 0.3) is 0 Å². The van der Waals surface area contributed by atoms with Crippen molar-refractivity contribution in [3.05, 3.63) is 51.5 Å². The van der Waals surface area contributed by atoms with Crippen molar-refractivity contribution in [2.45, 2.75) is 26.4 Å². The molecular weight excluding hydrogens is 249 g/mol. The van der Waals surface area contributed by atoms with Crippen molar-refractivity contribution in [2.75, 3.05) is 0 Å². The lowest BCUT2D eigenvalue weighted by molar-refractivity contribution is 0.446. The van der Waals surface area contributed by atoms with Crippen LogP contribution in [0.15, 0.2) is 29.0 Å². The number of hydrogen-bond donors (Lipinski definition) is 2. The zero-order valence-corrected chi connectivity index (χ0v) is 11.2. The molecular formula is C14H16FNOS. The molecule has 0 saturated heterocycles. The van der Waals surface area contributed by atoms with Gasteiger partial charge < -0.3 is 10.4 Å². The Balaban J connectivity index is 2.03. The monoisotopic (exact) mass is 265 g/mol. The first-order valence-electron chi connectivity index (χ1n) is 5.81. The van der Waals surface area contributed by atoms with Crippen LogP contribution in [0.1, 0.15) is 29.7 Å². The second-order valence-corrected chi connectivity index (χ2v) is 5.13. The second-order valence-electron chi connectivity index (χ2n) is 4.39. The molecule has 1 unspecified atom stereocenters. The van der Waals surface area contributed by atoms with Gasteiger partial charge >= 0.3 is 0 Å². The van der Waals surface area contributed by atoms with Gasteiger partial charge in [-0.3, -0.25) is 0 Å². The van der Waals surface area contributed by atoms with Crippen molar-refractivity contribution in [2.24, 2.45) is 0 Å². The number of thiophene rings is 1. The second kappa shape index (κ2) is 5.50. The lowest BCUT2D eigenvalue weighted by Gasteiger charge is -2.15. The Labute approximate surface area is 110 Å². The van der Waals surface area contributed by atoms with Crippen molar-refractivity contribution in [3.8, 4) is 5.75 Å². The lowest BCUT2D eigenvalue weighted by atomic mass is 10.1. The summed E-state index contributed by atoms with van der Waals surface area (Å²) in [6.45, 7) is 4.77. The third-order valence-corrected chi connectivity index (χ3v) is 3.93. The number of aryl methyl sites for hydroxylation is 1. The van der Waals surface area contributed by atoms with E-state index < -0.39 is 5.82 Å². The van der Waals surface area contributed by atoms with Crippen LogP contribution < -0.4 is 5.32 Å². The fourth-order valence-electron chi connectivity index (χ4n) is 1.82. The molecule has 0 aliphatic heterocycles. The van der Waals surface area contributed by atoms with Gasteiger partial charge in [0, 0.05) is 24.2 Å². The van der Waals surface area contributed by atoms with Crippen molar-refractivity contribution < 1.29 is 9.50 Å². The van der Waals surface area contributed by atoms with Gasteiger partial charge in [0.15, 0.2) is 0 Å². The van der Waals surface area contributed by atoms with Gasteiger partial charge in [-0.25, -0.2) is 4.39 Å². The quantitative estimate of drug-likeness (QED) is 0.882. The van der Waals surface area contributed by atoms with Crippen LogP contribution in [0.5, 0.6) is 5.75 Å². The molecule has 4 heteroatoms. The minimum absolute atomic E-state index is 0.00274. The van der Waals surface area contributed by atoms with Gasteiger partial charge in [0.25, 0.3) is 0 Å². The highest BCUT2D eigenvalue weighted by Gasteiger charge is 2.11. The average molecular weight is 265 g/mol. The zero-order valence-electron chi connectivity index (χ0n) is 10.4. The van der Waals surface area contributed by atoms with Crippen LogP contribution in [-0.4, -0.2) is 5.11 Å². The molecule has 0 spiro atoms. The summed E-state index contributed by atoms with van der Waals surface area (Å²) in [6, 6.07) is 4.10. The highest BCUT2D eigenvalue weighted by Crippen LogP contribution is 2.25. The normalized spacial score (nSPS) is 12.6. The standard InChI is InChI=1S/C14H16FNOS/c1-9-7-18-8-11(9)6-16-10(2)13-4-3-12(15)5-14(13)17/h3-5,7-8,10,16-17H,6H2,1-2H3. The number of nitrogens with one attached hydrogen (secondary N) is 1. The largest absolute Gasteiger partial charge is 0.508 e. The van der Waals surface area contributed by atoms with Crippen LogP contribution in [0.4, 0.5) is 4.39 Å². The number of aromatic hydroxyl groups is 1. The first-order chi connectivity index (χ1) is 8.58. The Morgan fingerprint density at radius 2 is 2.17 bits per heavy atom. The number of hydrogen-bond acceptors (Lipinski definition) is 3. The first-order valence-corrected chi connectivity index (χ1v) is 6.75. The maximum Gasteiger partial charge on any atom is 0.126 e. The smallest absolute Gasteiger partial charge is 0.126 e. The number of rotatable bonds is 4. The number of phenolic OH excluding ortho intramolecular Hbond substituents is 1. The Bertz CT molecular complexity index is 538. The lowest BCUT2D eigenvalue weighted by Crippen LogP contribution is -2.18. The molecule has 1 heterocycles. The topological polar surface area (TPSA) is 32.3 Å². The maximum atomic E-state index is 12.9. The molecule has 0 aliphatic rings. The summed E-state index contributed by atoms with van der Waals surface area (Å²) in [6.07, 6.45) is 0. The van der Waals surface area contributed by atoms with E-state index in [9.17, 15) is 9.50 Å². The average Bonchev–Trinajstić information content (AvgIpc) is 2.72. The van der Waals surface area contributed by atoms with E-state index in [1.165, 1.54) is 17.2 Å². The molecule has 18 heavy (non-hydrogen) atoms. The van der Waals surface area contributed by atoms with Gasteiger partial charge in [-0.1, -0.05) is 6.07 Å². The Morgan fingerprint density at radius 3 is 2.78 bits per heavy atom. The summed E-state index contributed by atoms with van der Waals surface area (Å²) in [7, 11) is 0. The van der Waals surface area contributed by atoms with E-state index in [1.807, 2.05) is 6.92 Å². The van der Waals surface area contributed by atoms with Crippen molar-refractivity contribution >= 4 is 11.3 Å².